The average molecular weight is 417 g/mol. The fourth-order valence-electron chi connectivity index (χ4n) is 4.29. The smallest absolute Gasteiger partial charge is 0.336 e. The Bertz CT molecular complexity index is 1270. The quantitative estimate of drug-likeness (QED) is 0.360. The summed E-state index contributed by atoms with van der Waals surface area (Å²) in [6.45, 7) is -0.141. The molecule has 1 aliphatic carbocycles. The molecule has 0 spiro atoms. The van der Waals surface area contributed by atoms with E-state index in [2.05, 4.69) is 0 Å². The molecule has 1 aromatic heterocycles. The largest absolute Gasteiger partial charge is 0.461 e. The van der Waals surface area contributed by atoms with E-state index in [0.717, 1.165) is 29.5 Å². The van der Waals surface area contributed by atoms with Crippen LogP contribution >= 0.6 is 0 Å². The predicted molar refractivity (Wildman–Crippen MR) is 111 cm³/mol. The van der Waals surface area contributed by atoms with Crippen LogP contribution in [0.25, 0.3) is 11.0 Å². The summed E-state index contributed by atoms with van der Waals surface area (Å²) in [6, 6.07) is 11.8. The molecular formula is C24H19NO6. The molecule has 31 heavy (non-hydrogen) atoms. The van der Waals surface area contributed by atoms with Crippen molar-refractivity contribution in [3.8, 4) is 0 Å². The highest BCUT2D eigenvalue weighted by atomic mass is 16.5. The van der Waals surface area contributed by atoms with Crippen LogP contribution in [-0.2, 0) is 29.0 Å². The number of ether oxygens (including phenoxy) is 1. The Morgan fingerprint density at radius 2 is 1.65 bits per heavy atom. The molecule has 0 saturated carbocycles. The van der Waals surface area contributed by atoms with Gasteiger partial charge in [-0.1, -0.05) is 12.1 Å². The highest BCUT2D eigenvalue weighted by Crippen LogP contribution is 2.29. The zero-order valence-electron chi connectivity index (χ0n) is 16.7. The number of carbonyl (C=O) groups is 3. The van der Waals surface area contributed by atoms with E-state index < -0.39 is 23.4 Å². The van der Waals surface area contributed by atoms with E-state index in [1.54, 1.807) is 24.3 Å². The highest BCUT2D eigenvalue weighted by molar-refractivity contribution is 6.21. The number of hydrogen-bond donors (Lipinski definition) is 0. The number of esters is 1. The number of benzene rings is 2. The first-order valence-corrected chi connectivity index (χ1v) is 10.2. The number of nitrogens with zero attached hydrogens (tertiary/aromatic N) is 1. The summed E-state index contributed by atoms with van der Waals surface area (Å²) in [5.41, 5.74) is 3.67. The van der Waals surface area contributed by atoms with E-state index >= 15 is 0 Å². The molecular weight excluding hydrogens is 398 g/mol. The normalized spacial score (nSPS) is 14.8. The minimum Gasteiger partial charge on any atom is -0.461 e. The molecule has 0 bridgehead atoms. The van der Waals surface area contributed by atoms with Crippen molar-refractivity contribution >= 4 is 28.8 Å². The first-order chi connectivity index (χ1) is 15.0. The van der Waals surface area contributed by atoms with Gasteiger partial charge in [-0.25, -0.2) is 4.79 Å². The van der Waals surface area contributed by atoms with Gasteiger partial charge >= 0.3 is 11.6 Å². The zero-order chi connectivity index (χ0) is 21.5. The second-order valence-corrected chi connectivity index (χ2v) is 7.78. The number of carbonyl (C=O) groups excluding carboxylic acids is 3. The summed E-state index contributed by atoms with van der Waals surface area (Å²) in [7, 11) is 0. The number of imide groups is 1. The van der Waals surface area contributed by atoms with Gasteiger partial charge in [0.25, 0.3) is 11.8 Å². The fourth-order valence-corrected chi connectivity index (χ4v) is 4.29. The second kappa shape index (κ2) is 7.50. The summed E-state index contributed by atoms with van der Waals surface area (Å²) in [5, 5.41) is 0.758. The summed E-state index contributed by atoms with van der Waals surface area (Å²) >= 11 is 0. The van der Waals surface area contributed by atoms with Crippen LogP contribution in [0, 0.1) is 0 Å². The molecule has 0 unspecified atom stereocenters. The molecule has 0 N–H and O–H groups in total. The van der Waals surface area contributed by atoms with Gasteiger partial charge in [0.15, 0.2) is 0 Å². The highest BCUT2D eigenvalue weighted by Gasteiger charge is 2.35. The lowest BCUT2D eigenvalue weighted by molar-refractivity contribution is -0.145. The van der Waals surface area contributed by atoms with Crippen LogP contribution in [0.3, 0.4) is 0 Å². The summed E-state index contributed by atoms with van der Waals surface area (Å²) in [4.78, 5) is 50.1. The molecule has 5 rings (SSSR count). The third kappa shape index (κ3) is 3.42. The Hall–Kier alpha value is -3.74. The zero-order valence-corrected chi connectivity index (χ0v) is 16.7. The van der Waals surface area contributed by atoms with Gasteiger partial charge in [-0.3, -0.25) is 19.3 Å². The topological polar surface area (TPSA) is 93.9 Å². The molecule has 2 aliphatic rings. The lowest BCUT2D eigenvalue weighted by Crippen LogP contribution is -2.32. The van der Waals surface area contributed by atoms with Crippen molar-refractivity contribution in [1.29, 1.82) is 0 Å². The molecule has 0 fully saturated rings. The molecule has 0 atom stereocenters. The van der Waals surface area contributed by atoms with Crippen LogP contribution in [0.15, 0.2) is 51.7 Å². The van der Waals surface area contributed by atoms with Crippen LogP contribution in [0.2, 0.25) is 0 Å². The van der Waals surface area contributed by atoms with Gasteiger partial charge in [0, 0.05) is 23.6 Å². The molecule has 7 heteroatoms. The van der Waals surface area contributed by atoms with Gasteiger partial charge in [-0.2, -0.15) is 0 Å². The average Bonchev–Trinajstić information content (AvgIpc) is 3.31. The number of amides is 2. The number of aryl methyl sites for hydroxylation is 2. The molecule has 2 aromatic carbocycles. The Labute approximate surface area is 177 Å². The Morgan fingerprint density at radius 1 is 0.968 bits per heavy atom. The Balaban J connectivity index is 1.26. The minimum atomic E-state index is -0.556. The number of hydrogen-bond acceptors (Lipinski definition) is 6. The standard InChI is InChI=1S/C24H19NO6/c26-21(8-9-25-23(28)17-6-1-2-7-18(17)24(25)29)30-13-16-12-22(27)31-20-11-15-5-3-4-14(15)10-19(16)20/h1-2,6-7,10-12H,3-5,8-9,13H2. The van der Waals surface area contributed by atoms with E-state index in [-0.39, 0.29) is 19.6 Å². The summed E-state index contributed by atoms with van der Waals surface area (Å²) in [5.74, 6) is -1.37. The van der Waals surface area contributed by atoms with Crippen LogP contribution < -0.4 is 5.63 Å². The van der Waals surface area contributed by atoms with E-state index in [0.29, 0.717) is 22.3 Å². The number of rotatable bonds is 5. The Kier molecular flexibility index (Phi) is 4.66. The molecule has 0 radical (unpaired) electrons. The maximum absolute atomic E-state index is 12.4. The van der Waals surface area contributed by atoms with Crippen molar-refractivity contribution in [3.05, 3.63) is 80.7 Å². The monoisotopic (exact) mass is 417 g/mol. The maximum atomic E-state index is 12.4. The molecule has 0 saturated heterocycles. The molecule has 156 valence electrons. The fraction of sp³-hybridized carbons (Fsp3) is 0.250. The van der Waals surface area contributed by atoms with Gasteiger partial charge in [0.2, 0.25) is 0 Å². The first kappa shape index (κ1) is 19.2. The SMILES string of the molecule is O=C(CCN1C(=O)c2ccccc2C1=O)OCc1cc(=O)oc2cc3c(cc12)CCC3. The van der Waals surface area contributed by atoms with Gasteiger partial charge in [-0.15, -0.1) is 0 Å². The summed E-state index contributed by atoms with van der Waals surface area (Å²) in [6.07, 6.45) is 2.88. The van der Waals surface area contributed by atoms with Crippen LogP contribution in [-0.4, -0.2) is 29.2 Å². The Morgan fingerprint density at radius 3 is 2.35 bits per heavy atom. The van der Waals surface area contributed by atoms with E-state index in [1.807, 2.05) is 12.1 Å². The molecule has 3 aromatic rings. The number of fused-ring (bicyclic) bond motifs is 3. The molecule has 1 aliphatic heterocycles. The van der Waals surface area contributed by atoms with Crippen LogP contribution in [0.4, 0.5) is 0 Å². The van der Waals surface area contributed by atoms with Crippen molar-refractivity contribution < 1.29 is 23.5 Å². The lowest BCUT2D eigenvalue weighted by Gasteiger charge is -2.13. The molecule has 2 heterocycles. The van der Waals surface area contributed by atoms with Gasteiger partial charge in [0.1, 0.15) is 12.2 Å². The van der Waals surface area contributed by atoms with E-state index in [4.69, 9.17) is 9.15 Å². The van der Waals surface area contributed by atoms with E-state index in [9.17, 15) is 19.2 Å². The van der Waals surface area contributed by atoms with Gasteiger partial charge < -0.3 is 9.15 Å². The van der Waals surface area contributed by atoms with Crippen molar-refractivity contribution in [2.75, 3.05) is 6.54 Å². The van der Waals surface area contributed by atoms with Gasteiger partial charge in [0.05, 0.1) is 17.5 Å². The molecule has 7 nitrogen and oxygen atoms in total. The van der Waals surface area contributed by atoms with Crippen molar-refractivity contribution in [3.63, 3.8) is 0 Å². The minimum absolute atomic E-state index is 0.0592. The van der Waals surface area contributed by atoms with Crippen molar-refractivity contribution in [1.82, 2.24) is 4.90 Å². The lowest BCUT2D eigenvalue weighted by atomic mass is 10.0. The third-order valence-electron chi connectivity index (χ3n) is 5.85. The predicted octanol–water partition coefficient (Wildman–Crippen LogP) is 3.01. The first-order valence-electron chi connectivity index (χ1n) is 10.2. The maximum Gasteiger partial charge on any atom is 0.336 e. The van der Waals surface area contributed by atoms with Gasteiger partial charge in [-0.05, 0) is 54.7 Å². The summed E-state index contributed by atoms with van der Waals surface area (Å²) < 4.78 is 10.7. The van der Waals surface area contributed by atoms with Crippen LogP contribution in [0.5, 0.6) is 0 Å². The third-order valence-corrected chi connectivity index (χ3v) is 5.85. The van der Waals surface area contributed by atoms with Crippen molar-refractivity contribution in [2.24, 2.45) is 0 Å². The van der Waals surface area contributed by atoms with E-state index in [1.165, 1.54) is 17.2 Å². The van der Waals surface area contributed by atoms with Crippen molar-refractivity contribution in [2.45, 2.75) is 32.3 Å². The molecule has 2 amide bonds. The second-order valence-electron chi connectivity index (χ2n) is 7.78. The van der Waals surface area contributed by atoms with Crippen LogP contribution in [0.1, 0.15) is 50.2 Å².